The summed E-state index contributed by atoms with van der Waals surface area (Å²) in [6.45, 7) is 7.77. The maximum absolute atomic E-state index is 5.45. The van der Waals surface area contributed by atoms with Crippen molar-refractivity contribution < 1.29 is 9.47 Å². The number of nitrogens with one attached hydrogen (secondary N) is 2. The van der Waals surface area contributed by atoms with Crippen molar-refractivity contribution in [1.29, 1.82) is 0 Å². The first-order valence-electron chi connectivity index (χ1n) is 6.93. The molecule has 0 aromatic heterocycles. The fourth-order valence-electron chi connectivity index (χ4n) is 2.29. The molecule has 2 N–H and O–H groups in total. The van der Waals surface area contributed by atoms with Crippen LogP contribution in [0.2, 0.25) is 0 Å². The SMILES string of the molecule is COc1ccc(NCC2COCCN2)cc1C(C)C. The predicted octanol–water partition coefficient (Wildman–Crippen LogP) is 2.22. The van der Waals surface area contributed by atoms with Crippen molar-refractivity contribution in [2.24, 2.45) is 0 Å². The van der Waals surface area contributed by atoms with Gasteiger partial charge in [0, 0.05) is 24.8 Å². The zero-order valence-electron chi connectivity index (χ0n) is 12.0. The summed E-state index contributed by atoms with van der Waals surface area (Å²) in [4.78, 5) is 0. The first-order valence-corrected chi connectivity index (χ1v) is 6.93. The van der Waals surface area contributed by atoms with Crippen LogP contribution in [0.3, 0.4) is 0 Å². The lowest BCUT2D eigenvalue weighted by Crippen LogP contribution is -2.45. The monoisotopic (exact) mass is 264 g/mol. The van der Waals surface area contributed by atoms with E-state index in [9.17, 15) is 0 Å². The van der Waals surface area contributed by atoms with Crippen LogP contribution in [0.5, 0.6) is 5.75 Å². The van der Waals surface area contributed by atoms with Gasteiger partial charge in [0.25, 0.3) is 0 Å². The zero-order valence-corrected chi connectivity index (χ0v) is 12.0. The molecule has 1 heterocycles. The molecule has 1 aromatic carbocycles. The Bertz CT molecular complexity index is 401. The molecule has 19 heavy (non-hydrogen) atoms. The third kappa shape index (κ3) is 3.85. The minimum atomic E-state index is 0.387. The van der Waals surface area contributed by atoms with Crippen LogP contribution in [0.25, 0.3) is 0 Å². The molecule has 2 rings (SSSR count). The van der Waals surface area contributed by atoms with Crippen LogP contribution >= 0.6 is 0 Å². The van der Waals surface area contributed by atoms with Gasteiger partial charge in [-0.15, -0.1) is 0 Å². The Morgan fingerprint density at radius 3 is 2.95 bits per heavy atom. The van der Waals surface area contributed by atoms with Gasteiger partial charge in [-0.2, -0.15) is 0 Å². The Morgan fingerprint density at radius 2 is 2.32 bits per heavy atom. The number of anilines is 1. The number of hydrogen-bond donors (Lipinski definition) is 2. The standard InChI is InChI=1S/C15H24N2O2/c1-11(2)14-8-12(4-5-15(14)18-3)17-9-13-10-19-7-6-16-13/h4-5,8,11,13,16-17H,6-7,9-10H2,1-3H3. The van der Waals surface area contributed by atoms with Crippen molar-refractivity contribution in [2.75, 3.05) is 38.7 Å². The molecule has 1 fully saturated rings. The molecule has 0 spiro atoms. The molecule has 106 valence electrons. The van der Waals surface area contributed by atoms with Crippen LogP contribution in [0.15, 0.2) is 18.2 Å². The molecule has 1 saturated heterocycles. The van der Waals surface area contributed by atoms with E-state index in [4.69, 9.17) is 9.47 Å². The molecule has 0 bridgehead atoms. The van der Waals surface area contributed by atoms with E-state index < -0.39 is 0 Å². The summed E-state index contributed by atoms with van der Waals surface area (Å²) < 4.78 is 10.8. The molecule has 1 aliphatic heterocycles. The third-order valence-electron chi connectivity index (χ3n) is 3.40. The molecule has 1 atom stereocenters. The van der Waals surface area contributed by atoms with E-state index in [1.807, 2.05) is 6.07 Å². The molecule has 0 amide bonds. The second kappa shape index (κ2) is 6.78. The summed E-state index contributed by atoms with van der Waals surface area (Å²) in [5.41, 5.74) is 2.37. The van der Waals surface area contributed by atoms with Crippen molar-refractivity contribution in [1.82, 2.24) is 5.32 Å². The highest BCUT2D eigenvalue weighted by atomic mass is 16.5. The molecule has 0 radical (unpaired) electrons. The van der Waals surface area contributed by atoms with Crippen LogP contribution in [0.4, 0.5) is 5.69 Å². The van der Waals surface area contributed by atoms with Gasteiger partial charge in [-0.05, 0) is 29.7 Å². The molecule has 1 aliphatic rings. The molecule has 1 unspecified atom stereocenters. The van der Waals surface area contributed by atoms with Crippen molar-refractivity contribution in [3.05, 3.63) is 23.8 Å². The molecule has 4 heteroatoms. The Kier molecular flexibility index (Phi) is 5.05. The van der Waals surface area contributed by atoms with Crippen LogP contribution in [0, 0.1) is 0 Å². The average molecular weight is 264 g/mol. The van der Waals surface area contributed by atoms with Gasteiger partial charge in [-0.1, -0.05) is 13.8 Å². The fraction of sp³-hybridized carbons (Fsp3) is 0.600. The van der Waals surface area contributed by atoms with E-state index in [1.165, 1.54) is 5.56 Å². The number of rotatable bonds is 5. The number of methoxy groups -OCH3 is 1. The summed E-state index contributed by atoms with van der Waals surface area (Å²) in [6.07, 6.45) is 0. The van der Waals surface area contributed by atoms with Crippen LogP contribution in [-0.4, -0.2) is 39.5 Å². The quantitative estimate of drug-likeness (QED) is 0.856. The summed E-state index contributed by atoms with van der Waals surface area (Å²) in [5.74, 6) is 1.41. The summed E-state index contributed by atoms with van der Waals surface area (Å²) >= 11 is 0. The van der Waals surface area contributed by atoms with E-state index in [1.54, 1.807) is 7.11 Å². The highest BCUT2D eigenvalue weighted by Crippen LogP contribution is 2.29. The molecular weight excluding hydrogens is 240 g/mol. The lowest BCUT2D eigenvalue weighted by Gasteiger charge is -2.24. The minimum absolute atomic E-state index is 0.387. The van der Waals surface area contributed by atoms with E-state index in [-0.39, 0.29) is 0 Å². The highest BCUT2D eigenvalue weighted by Gasteiger charge is 2.13. The summed E-state index contributed by atoms with van der Waals surface area (Å²) in [7, 11) is 1.72. The largest absolute Gasteiger partial charge is 0.496 e. The van der Waals surface area contributed by atoms with Gasteiger partial charge in [-0.25, -0.2) is 0 Å². The minimum Gasteiger partial charge on any atom is -0.496 e. The number of morpholine rings is 1. The van der Waals surface area contributed by atoms with Gasteiger partial charge < -0.3 is 20.1 Å². The van der Waals surface area contributed by atoms with Crippen LogP contribution in [0.1, 0.15) is 25.3 Å². The van der Waals surface area contributed by atoms with Crippen molar-refractivity contribution in [3.8, 4) is 5.75 Å². The summed E-state index contributed by atoms with van der Waals surface area (Å²) in [6, 6.07) is 6.66. The average Bonchev–Trinajstić information content (AvgIpc) is 2.46. The van der Waals surface area contributed by atoms with Gasteiger partial charge in [0.05, 0.1) is 20.3 Å². The molecule has 4 nitrogen and oxygen atoms in total. The van der Waals surface area contributed by atoms with Crippen molar-refractivity contribution in [3.63, 3.8) is 0 Å². The Hall–Kier alpha value is -1.26. The Balaban J connectivity index is 1.98. The highest BCUT2D eigenvalue weighted by molar-refractivity contribution is 5.52. The van der Waals surface area contributed by atoms with Gasteiger partial charge in [-0.3, -0.25) is 0 Å². The fourth-order valence-corrected chi connectivity index (χ4v) is 2.29. The maximum atomic E-state index is 5.45. The Morgan fingerprint density at radius 1 is 1.47 bits per heavy atom. The number of hydrogen-bond acceptors (Lipinski definition) is 4. The van der Waals surface area contributed by atoms with Crippen LogP contribution < -0.4 is 15.4 Å². The molecular formula is C15H24N2O2. The molecule has 1 aromatic rings. The second-order valence-corrected chi connectivity index (χ2v) is 5.22. The first kappa shape index (κ1) is 14.2. The lowest BCUT2D eigenvalue weighted by molar-refractivity contribution is 0.0806. The van der Waals surface area contributed by atoms with Gasteiger partial charge in [0.1, 0.15) is 5.75 Å². The summed E-state index contributed by atoms with van der Waals surface area (Å²) in [5, 5.41) is 6.90. The van der Waals surface area contributed by atoms with Crippen molar-refractivity contribution in [2.45, 2.75) is 25.8 Å². The number of benzene rings is 1. The zero-order chi connectivity index (χ0) is 13.7. The van der Waals surface area contributed by atoms with E-state index in [2.05, 4.69) is 36.6 Å². The van der Waals surface area contributed by atoms with Crippen LogP contribution in [-0.2, 0) is 4.74 Å². The van der Waals surface area contributed by atoms with Gasteiger partial charge in [0.15, 0.2) is 0 Å². The van der Waals surface area contributed by atoms with E-state index in [0.717, 1.165) is 37.7 Å². The second-order valence-electron chi connectivity index (χ2n) is 5.22. The predicted molar refractivity (Wildman–Crippen MR) is 78.2 cm³/mol. The first-order chi connectivity index (χ1) is 9.20. The molecule has 0 saturated carbocycles. The van der Waals surface area contributed by atoms with Gasteiger partial charge in [0.2, 0.25) is 0 Å². The van der Waals surface area contributed by atoms with Gasteiger partial charge >= 0.3 is 0 Å². The number of ether oxygens (including phenoxy) is 2. The van der Waals surface area contributed by atoms with E-state index in [0.29, 0.717) is 12.0 Å². The molecule has 0 aliphatic carbocycles. The maximum Gasteiger partial charge on any atom is 0.122 e. The van der Waals surface area contributed by atoms with E-state index >= 15 is 0 Å². The smallest absolute Gasteiger partial charge is 0.122 e. The topological polar surface area (TPSA) is 42.5 Å². The third-order valence-corrected chi connectivity index (χ3v) is 3.40. The van der Waals surface area contributed by atoms with Crippen molar-refractivity contribution >= 4 is 5.69 Å². The normalized spacial score (nSPS) is 19.5. The Labute approximate surface area is 115 Å². The lowest BCUT2D eigenvalue weighted by atomic mass is 10.0.